The lowest BCUT2D eigenvalue weighted by Crippen LogP contribution is -2.50. The second kappa shape index (κ2) is 4.42. The van der Waals surface area contributed by atoms with Crippen molar-refractivity contribution in [3.8, 4) is 0 Å². The number of nitrogens with zero attached hydrogens (tertiary/aromatic N) is 1. The fraction of sp³-hybridized carbons (Fsp3) is 0.875. The molecule has 0 aromatic carbocycles. The zero-order chi connectivity index (χ0) is 8.97. The third kappa shape index (κ3) is 2.79. The molecule has 1 atom stereocenters. The van der Waals surface area contributed by atoms with Crippen molar-refractivity contribution in [1.82, 2.24) is 10.2 Å². The van der Waals surface area contributed by atoms with Gasteiger partial charge in [-0.3, -0.25) is 9.69 Å². The van der Waals surface area contributed by atoms with Gasteiger partial charge in [0.05, 0.1) is 6.42 Å². The van der Waals surface area contributed by atoms with Gasteiger partial charge >= 0.3 is 5.97 Å². The molecule has 4 heteroatoms. The summed E-state index contributed by atoms with van der Waals surface area (Å²) in [6, 6.07) is 0.470. The van der Waals surface area contributed by atoms with Crippen LogP contribution in [0.5, 0.6) is 0 Å². The van der Waals surface area contributed by atoms with Gasteiger partial charge in [-0.05, 0) is 6.92 Å². The van der Waals surface area contributed by atoms with E-state index in [-0.39, 0.29) is 6.42 Å². The van der Waals surface area contributed by atoms with Crippen LogP contribution in [0.1, 0.15) is 13.3 Å². The molecule has 1 aliphatic heterocycles. The van der Waals surface area contributed by atoms with Crippen LogP contribution in [-0.4, -0.2) is 48.2 Å². The van der Waals surface area contributed by atoms with Gasteiger partial charge < -0.3 is 10.4 Å². The Hall–Kier alpha value is -0.610. The van der Waals surface area contributed by atoms with Crippen LogP contribution >= 0.6 is 0 Å². The Morgan fingerprint density at radius 2 is 2.50 bits per heavy atom. The van der Waals surface area contributed by atoms with Crippen LogP contribution in [0.25, 0.3) is 0 Å². The highest BCUT2D eigenvalue weighted by Crippen LogP contribution is 2.02. The maximum Gasteiger partial charge on any atom is 0.304 e. The molecule has 0 aromatic heterocycles. The van der Waals surface area contributed by atoms with Crippen LogP contribution in [0.15, 0.2) is 0 Å². The first-order chi connectivity index (χ1) is 5.70. The van der Waals surface area contributed by atoms with Gasteiger partial charge in [0.15, 0.2) is 0 Å². The zero-order valence-corrected chi connectivity index (χ0v) is 7.42. The van der Waals surface area contributed by atoms with Crippen molar-refractivity contribution < 1.29 is 9.90 Å². The molecule has 1 fully saturated rings. The van der Waals surface area contributed by atoms with Crippen molar-refractivity contribution in [1.29, 1.82) is 0 Å². The number of carbonyl (C=O) groups is 1. The minimum absolute atomic E-state index is 0.254. The van der Waals surface area contributed by atoms with E-state index in [0.717, 1.165) is 19.6 Å². The Balaban J connectivity index is 2.24. The summed E-state index contributed by atoms with van der Waals surface area (Å²) < 4.78 is 0. The quantitative estimate of drug-likeness (QED) is 0.616. The van der Waals surface area contributed by atoms with E-state index in [1.807, 2.05) is 0 Å². The lowest BCUT2D eigenvalue weighted by atomic mass is 10.2. The van der Waals surface area contributed by atoms with E-state index >= 15 is 0 Å². The molecule has 0 unspecified atom stereocenters. The fourth-order valence-electron chi connectivity index (χ4n) is 1.45. The van der Waals surface area contributed by atoms with E-state index in [1.54, 1.807) is 0 Å². The second-order valence-electron chi connectivity index (χ2n) is 3.23. The number of carboxylic acids is 1. The number of nitrogens with one attached hydrogen (secondary N) is 1. The standard InChI is InChI=1S/C8H16N2O2/c1-7-6-9-3-5-10(7)4-2-8(11)12/h7,9H,2-6H2,1H3,(H,11,12)/t7-/m1/s1. The Morgan fingerprint density at radius 1 is 1.75 bits per heavy atom. The minimum Gasteiger partial charge on any atom is -0.481 e. The summed E-state index contributed by atoms with van der Waals surface area (Å²) in [6.07, 6.45) is 0.254. The molecular formula is C8H16N2O2. The molecule has 1 rings (SSSR count). The predicted octanol–water partition coefficient (Wildman–Crippen LogP) is -0.245. The Labute approximate surface area is 72.6 Å². The van der Waals surface area contributed by atoms with Gasteiger partial charge in [0.1, 0.15) is 0 Å². The first-order valence-electron chi connectivity index (χ1n) is 4.36. The van der Waals surface area contributed by atoms with E-state index in [4.69, 9.17) is 5.11 Å². The maximum absolute atomic E-state index is 10.3. The van der Waals surface area contributed by atoms with Crippen molar-refractivity contribution in [3.05, 3.63) is 0 Å². The van der Waals surface area contributed by atoms with Gasteiger partial charge in [-0.2, -0.15) is 0 Å². The first-order valence-corrected chi connectivity index (χ1v) is 4.36. The maximum atomic E-state index is 10.3. The summed E-state index contributed by atoms with van der Waals surface area (Å²) in [5.74, 6) is -0.708. The van der Waals surface area contributed by atoms with E-state index in [0.29, 0.717) is 12.6 Å². The van der Waals surface area contributed by atoms with E-state index in [1.165, 1.54) is 0 Å². The van der Waals surface area contributed by atoms with Crippen molar-refractivity contribution in [2.75, 3.05) is 26.2 Å². The van der Waals surface area contributed by atoms with Gasteiger partial charge in [0.25, 0.3) is 0 Å². The predicted molar refractivity (Wildman–Crippen MR) is 46.2 cm³/mol. The van der Waals surface area contributed by atoms with Crippen LogP contribution in [-0.2, 0) is 4.79 Å². The van der Waals surface area contributed by atoms with Crippen molar-refractivity contribution in [2.24, 2.45) is 0 Å². The summed E-state index contributed by atoms with van der Waals surface area (Å²) in [5, 5.41) is 11.8. The van der Waals surface area contributed by atoms with E-state index in [9.17, 15) is 4.79 Å². The highest BCUT2D eigenvalue weighted by atomic mass is 16.4. The van der Waals surface area contributed by atoms with Crippen LogP contribution in [0.2, 0.25) is 0 Å². The molecule has 2 N–H and O–H groups in total. The monoisotopic (exact) mass is 172 g/mol. The third-order valence-corrected chi connectivity index (χ3v) is 2.25. The average Bonchev–Trinajstić information content (AvgIpc) is 2.03. The first kappa shape index (κ1) is 9.48. The highest BCUT2D eigenvalue weighted by Gasteiger charge is 2.17. The van der Waals surface area contributed by atoms with Crippen LogP contribution < -0.4 is 5.32 Å². The molecule has 0 radical (unpaired) electrons. The highest BCUT2D eigenvalue weighted by molar-refractivity contribution is 5.66. The Kier molecular flexibility index (Phi) is 3.49. The smallest absolute Gasteiger partial charge is 0.304 e. The molecule has 70 valence electrons. The second-order valence-corrected chi connectivity index (χ2v) is 3.23. The van der Waals surface area contributed by atoms with Crippen LogP contribution in [0, 0.1) is 0 Å². The summed E-state index contributed by atoms with van der Waals surface area (Å²) >= 11 is 0. The molecule has 0 aromatic rings. The van der Waals surface area contributed by atoms with Crippen molar-refractivity contribution in [2.45, 2.75) is 19.4 Å². The molecule has 0 saturated carbocycles. The molecular weight excluding hydrogens is 156 g/mol. The fourth-order valence-corrected chi connectivity index (χ4v) is 1.45. The Morgan fingerprint density at radius 3 is 3.08 bits per heavy atom. The number of piperazine rings is 1. The molecule has 0 bridgehead atoms. The third-order valence-electron chi connectivity index (χ3n) is 2.25. The summed E-state index contributed by atoms with van der Waals surface area (Å²) in [4.78, 5) is 12.5. The van der Waals surface area contributed by atoms with Crippen molar-refractivity contribution >= 4 is 5.97 Å². The number of aliphatic carboxylic acids is 1. The number of hydrogen-bond donors (Lipinski definition) is 2. The average molecular weight is 172 g/mol. The largest absolute Gasteiger partial charge is 0.481 e. The van der Waals surface area contributed by atoms with Crippen molar-refractivity contribution in [3.63, 3.8) is 0 Å². The van der Waals surface area contributed by atoms with E-state index < -0.39 is 5.97 Å². The van der Waals surface area contributed by atoms with Gasteiger partial charge in [0.2, 0.25) is 0 Å². The lowest BCUT2D eigenvalue weighted by Gasteiger charge is -2.33. The summed E-state index contributed by atoms with van der Waals surface area (Å²) in [7, 11) is 0. The number of rotatable bonds is 3. The molecule has 0 aliphatic carbocycles. The van der Waals surface area contributed by atoms with Crippen LogP contribution in [0.3, 0.4) is 0 Å². The van der Waals surface area contributed by atoms with Gasteiger partial charge in [-0.15, -0.1) is 0 Å². The molecule has 12 heavy (non-hydrogen) atoms. The van der Waals surface area contributed by atoms with Crippen LogP contribution in [0.4, 0.5) is 0 Å². The number of hydrogen-bond acceptors (Lipinski definition) is 3. The minimum atomic E-state index is -0.708. The topological polar surface area (TPSA) is 52.6 Å². The zero-order valence-electron chi connectivity index (χ0n) is 7.42. The summed E-state index contributed by atoms with van der Waals surface area (Å²) in [5.41, 5.74) is 0. The molecule has 1 aliphatic rings. The number of carboxylic acid groups (broad SMARTS) is 1. The normalized spacial score (nSPS) is 25.6. The Bertz CT molecular complexity index is 161. The molecule has 0 spiro atoms. The lowest BCUT2D eigenvalue weighted by molar-refractivity contribution is -0.137. The summed E-state index contributed by atoms with van der Waals surface area (Å²) in [6.45, 7) is 5.71. The molecule has 0 amide bonds. The SMILES string of the molecule is C[C@@H]1CNCCN1CCC(=O)O. The molecule has 1 saturated heterocycles. The van der Waals surface area contributed by atoms with Gasteiger partial charge in [0, 0.05) is 32.2 Å². The van der Waals surface area contributed by atoms with Gasteiger partial charge in [-0.25, -0.2) is 0 Å². The molecule has 1 heterocycles. The molecule has 4 nitrogen and oxygen atoms in total. The van der Waals surface area contributed by atoms with Gasteiger partial charge in [-0.1, -0.05) is 0 Å². The van der Waals surface area contributed by atoms with E-state index in [2.05, 4.69) is 17.1 Å².